The Labute approximate surface area is 159 Å². The summed E-state index contributed by atoms with van der Waals surface area (Å²) in [6, 6.07) is 15.3. The zero-order valence-corrected chi connectivity index (χ0v) is 16.0. The second kappa shape index (κ2) is 10.1. The lowest BCUT2D eigenvalue weighted by atomic mass is 10.2. The van der Waals surface area contributed by atoms with Gasteiger partial charge in [-0.2, -0.15) is 4.31 Å². The van der Waals surface area contributed by atoms with Crippen molar-refractivity contribution in [3.63, 3.8) is 0 Å². The van der Waals surface area contributed by atoms with Crippen molar-refractivity contribution in [2.45, 2.75) is 17.9 Å². The van der Waals surface area contributed by atoms with Crippen molar-refractivity contribution in [2.24, 2.45) is 0 Å². The van der Waals surface area contributed by atoms with Crippen molar-refractivity contribution in [1.82, 2.24) is 9.62 Å². The monoisotopic (exact) mass is 392 g/mol. The predicted molar refractivity (Wildman–Crippen MR) is 102 cm³/mol. The highest BCUT2D eigenvalue weighted by Gasteiger charge is 2.20. The lowest BCUT2D eigenvalue weighted by molar-refractivity contribution is -0.123. The Bertz CT molecular complexity index is 823. The molecule has 0 heterocycles. The van der Waals surface area contributed by atoms with E-state index >= 15 is 0 Å². The van der Waals surface area contributed by atoms with Gasteiger partial charge in [-0.05, 0) is 36.2 Å². The molecule has 2 aromatic carbocycles. The minimum atomic E-state index is -3.63. The number of carbonyl (C=O) groups excluding carboxylic acids is 1. The van der Waals surface area contributed by atoms with Crippen LogP contribution in [0.3, 0.4) is 0 Å². The summed E-state index contributed by atoms with van der Waals surface area (Å²) >= 11 is 0. The average Bonchev–Trinajstić information content (AvgIpc) is 2.67. The van der Waals surface area contributed by atoms with Crippen molar-refractivity contribution < 1.29 is 23.1 Å². The number of hydrogen-bond donors (Lipinski definition) is 2. The molecule has 0 radical (unpaired) electrons. The van der Waals surface area contributed by atoms with Gasteiger partial charge in [0, 0.05) is 26.7 Å². The largest absolute Gasteiger partial charge is 0.484 e. The van der Waals surface area contributed by atoms with Crippen molar-refractivity contribution in [2.75, 3.05) is 26.8 Å². The van der Waals surface area contributed by atoms with Gasteiger partial charge in [0.1, 0.15) is 5.75 Å². The van der Waals surface area contributed by atoms with Crippen LogP contribution in [0, 0.1) is 0 Å². The van der Waals surface area contributed by atoms with Crippen LogP contribution in [-0.2, 0) is 21.4 Å². The van der Waals surface area contributed by atoms with Gasteiger partial charge in [-0.3, -0.25) is 4.79 Å². The maximum Gasteiger partial charge on any atom is 0.257 e. The number of nitrogens with one attached hydrogen (secondary N) is 1. The van der Waals surface area contributed by atoms with E-state index in [1.165, 1.54) is 35.6 Å². The van der Waals surface area contributed by atoms with Gasteiger partial charge in [0.05, 0.1) is 4.90 Å². The molecule has 0 aliphatic rings. The van der Waals surface area contributed by atoms with Gasteiger partial charge >= 0.3 is 0 Å². The highest BCUT2D eigenvalue weighted by atomic mass is 32.2. The van der Waals surface area contributed by atoms with Crippen molar-refractivity contribution >= 4 is 15.9 Å². The first kappa shape index (κ1) is 20.9. The normalized spacial score (nSPS) is 11.4. The molecular formula is C19H24N2O5S. The van der Waals surface area contributed by atoms with Crippen molar-refractivity contribution in [3.8, 4) is 5.75 Å². The molecule has 146 valence electrons. The fourth-order valence-corrected chi connectivity index (χ4v) is 3.48. The molecular weight excluding hydrogens is 368 g/mol. The van der Waals surface area contributed by atoms with E-state index in [4.69, 9.17) is 9.84 Å². The topological polar surface area (TPSA) is 95.9 Å². The summed E-state index contributed by atoms with van der Waals surface area (Å²) in [4.78, 5) is 11.7. The number of ether oxygens (including phenoxy) is 1. The molecule has 2 aromatic rings. The molecule has 2 rings (SSSR count). The molecule has 0 unspecified atom stereocenters. The first-order chi connectivity index (χ1) is 12.9. The van der Waals surface area contributed by atoms with Gasteiger partial charge in [0.25, 0.3) is 5.91 Å². The summed E-state index contributed by atoms with van der Waals surface area (Å²) in [5.41, 5.74) is 0.899. The number of sulfonamides is 1. The van der Waals surface area contributed by atoms with Crippen LogP contribution < -0.4 is 10.1 Å². The Morgan fingerprint density at radius 1 is 1.11 bits per heavy atom. The minimum absolute atomic E-state index is 0.00971. The smallest absolute Gasteiger partial charge is 0.257 e. The number of nitrogens with zero attached hydrogens (tertiary/aromatic N) is 1. The third-order valence-corrected chi connectivity index (χ3v) is 5.62. The molecule has 0 atom stereocenters. The zero-order valence-electron chi connectivity index (χ0n) is 15.2. The number of aliphatic hydroxyl groups excluding tert-OH is 1. The molecule has 0 bridgehead atoms. The number of rotatable bonds is 10. The van der Waals surface area contributed by atoms with Crippen molar-refractivity contribution in [1.29, 1.82) is 0 Å². The summed E-state index contributed by atoms with van der Waals surface area (Å²) in [6.45, 7) is 0.486. The van der Waals surface area contributed by atoms with Gasteiger partial charge in [-0.15, -0.1) is 0 Å². The maximum absolute atomic E-state index is 12.7. The van der Waals surface area contributed by atoms with Crippen LogP contribution in [0.1, 0.15) is 12.0 Å². The molecule has 2 N–H and O–H groups in total. The van der Waals surface area contributed by atoms with E-state index in [2.05, 4.69) is 5.32 Å². The quantitative estimate of drug-likeness (QED) is 0.596. The molecule has 27 heavy (non-hydrogen) atoms. The lowest BCUT2D eigenvalue weighted by Crippen LogP contribution is -2.30. The highest BCUT2D eigenvalue weighted by Crippen LogP contribution is 2.20. The SMILES string of the molecule is CN(Cc1ccccc1)S(=O)(=O)c1ccc(OCC(=O)NCCCO)cc1. The number of amides is 1. The minimum Gasteiger partial charge on any atom is -0.484 e. The fraction of sp³-hybridized carbons (Fsp3) is 0.316. The van der Waals surface area contributed by atoms with E-state index in [-0.39, 0.29) is 30.6 Å². The van der Waals surface area contributed by atoms with Crippen molar-refractivity contribution in [3.05, 3.63) is 60.2 Å². The Balaban J connectivity index is 1.93. The third kappa shape index (κ3) is 6.35. The summed E-state index contributed by atoms with van der Waals surface area (Å²) in [7, 11) is -2.09. The van der Waals surface area contributed by atoms with Gasteiger partial charge in [-0.25, -0.2) is 8.42 Å². The van der Waals surface area contributed by atoms with E-state index in [0.717, 1.165) is 5.56 Å². The number of hydrogen-bond acceptors (Lipinski definition) is 5. The van der Waals surface area contributed by atoms with Gasteiger partial charge in [0.15, 0.2) is 6.61 Å². The molecule has 7 nitrogen and oxygen atoms in total. The van der Waals surface area contributed by atoms with Crippen LogP contribution in [0.25, 0.3) is 0 Å². The summed E-state index contributed by atoms with van der Waals surface area (Å²) in [6.07, 6.45) is 0.481. The summed E-state index contributed by atoms with van der Waals surface area (Å²) in [5.74, 6) is 0.0970. The molecule has 1 amide bonds. The lowest BCUT2D eigenvalue weighted by Gasteiger charge is -2.17. The molecule has 0 saturated carbocycles. The number of benzene rings is 2. The van der Waals surface area contributed by atoms with E-state index in [9.17, 15) is 13.2 Å². The van der Waals surface area contributed by atoms with Crippen LogP contribution >= 0.6 is 0 Å². The molecule has 0 saturated heterocycles. The summed E-state index contributed by atoms with van der Waals surface area (Å²) in [5, 5.41) is 11.3. The van der Waals surface area contributed by atoms with Crippen LogP contribution in [0.2, 0.25) is 0 Å². The predicted octanol–water partition coefficient (Wildman–Crippen LogP) is 1.38. The van der Waals surface area contributed by atoms with Gasteiger partial charge in [-0.1, -0.05) is 30.3 Å². The van der Waals surface area contributed by atoms with Crippen LogP contribution in [0.4, 0.5) is 0 Å². The van der Waals surface area contributed by atoms with Crippen LogP contribution in [0.15, 0.2) is 59.5 Å². The van der Waals surface area contributed by atoms with E-state index < -0.39 is 10.0 Å². The second-order valence-corrected chi connectivity index (χ2v) is 7.98. The van der Waals surface area contributed by atoms with Crippen LogP contribution in [0.5, 0.6) is 5.75 Å². The van der Waals surface area contributed by atoms with E-state index in [1.54, 1.807) is 0 Å². The molecule has 0 fully saturated rings. The number of carbonyl (C=O) groups is 1. The number of aliphatic hydroxyl groups is 1. The maximum atomic E-state index is 12.7. The first-order valence-electron chi connectivity index (χ1n) is 8.54. The zero-order chi connectivity index (χ0) is 19.7. The molecule has 0 aromatic heterocycles. The second-order valence-electron chi connectivity index (χ2n) is 5.93. The Morgan fingerprint density at radius 2 is 1.78 bits per heavy atom. The highest BCUT2D eigenvalue weighted by molar-refractivity contribution is 7.89. The molecule has 8 heteroatoms. The van der Waals surface area contributed by atoms with E-state index in [0.29, 0.717) is 18.7 Å². The first-order valence-corrected chi connectivity index (χ1v) is 9.98. The average molecular weight is 392 g/mol. The summed E-state index contributed by atoms with van der Waals surface area (Å²) < 4.78 is 31.9. The molecule has 0 aliphatic heterocycles. The van der Waals surface area contributed by atoms with Gasteiger partial charge < -0.3 is 15.2 Å². The molecule has 0 aliphatic carbocycles. The van der Waals surface area contributed by atoms with E-state index in [1.807, 2.05) is 30.3 Å². The molecule has 0 spiro atoms. The standard InChI is InChI=1S/C19H24N2O5S/c1-21(14-16-6-3-2-4-7-16)27(24,25)18-10-8-17(9-11-18)26-15-19(23)20-12-5-13-22/h2-4,6-11,22H,5,12-15H2,1H3,(H,20,23). The van der Waals surface area contributed by atoms with Crippen LogP contribution in [-0.4, -0.2) is 50.5 Å². The Hall–Kier alpha value is -2.42. The third-order valence-electron chi connectivity index (χ3n) is 3.81. The fourth-order valence-electron chi connectivity index (χ4n) is 2.32. The van der Waals surface area contributed by atoms with Gasteiger partial charge in [0.2, 0.25) is 10.0 Å². The Kier molecular flexibility index (Phi) is 7.78. The Morgan fingerprint density at radius 3 is 2.41 bits per heavy atom.